The van der Waals surface area contributed by atoms with E-state index in [0.717, 1.165) is 31.6 Å². The molecule has 0 bridgehead atoms. The van der Waals surface area contributed by atoms with Crippen molar-refractivity contribution in [3.8, 4) is 0 Å². The van der Waals surface area contributed by atoms with Crippen LogP contribution in [0.25, 0.3) is 0 Å². The molecule has 3 nitrogen and oxygen atoms in total. The standard InChI is InChI=1S/C13H16ClFN2O/c14-9-3-12(11(16)4-10(9)15)17-5-7-1-2-13(18)8(7)6-17/h3-4,7-8,13,18H,1-2,5-6,16H2. The van der Waals surface area contributed by atoms with E-state index in [2.05, 4.69) is 4.90 Å². The predicted molar refractivity (Wildman–Crippen MR) is 70.3 cm³/mol. The molecule has 3 unspecified atom stereocenters. The van der Waals surface area contributed by atoms with E-state index in [1.807, 2.05) is 0 Å². The van der Waals surface area contributed by atoms with Crippen molar-refractivity contribution in [1.82, 2.24) is 0 Å². The molecular formula is C13H16ClFN2O. The number of aliphatic hydroxyl groups excluding tert-OH is 1. The quantitative estimate of drug-likeness (QED) is 0.770. The first kappa shape index (κ1) is 12.1. The second kappa shape index (κ2) is 4.28. The van der Waals surface area contributed by atoms with Crippen LogP contribution in [0.5, 0.6) is 0 Å². The fourth-order valence-corrected chi connectivity index (χ4v) is 3.42. The Morgan fingerprint density at radius 1 is 1.33 bits per heavy atom. The van der Waals surface area contributed by atoms with Crippen LogP contribution in [-0.2, 0) is 0 Å². The van der Waals surface area contributed by atoms with Gasteiger partial charge in [0.2, 0.25) is 0 Å². The van der Waals surface area contributed by atoms with Gasteiger partial charge < -0.3 is 15.7 Å². The highest BCUT2D eigenvalue weighted by molar-refractivity contribution is 6.31. The van der Waals surface area contributed by atoms with E-state index in [1.54, 1.807) is 6.07 Å². The minimum atomic E-state index is -0.489. The predicted octanol–water partition coefficient (Wildman–Crippen LogP) is 2.27. The van der Waals surface area contributed by atoms with Crippen molar-refractivity contribution in [3.63, 3.8) is 0 Å². The Bertz CT molecular complexity index is 482. The Hall–Kier alpha value is -1.00. The summed E-state index contributed by atoms with van der Waals surface area (Å²) in [5.74, 6) is 0.341. The van der Waals surface area contributed by atoms with Crippen molar-refractivity contribution in [2.45, 2.75) is 18.9 Å². The highest BCUT2D eigenvalue weighted by Gasteiger charge is 2.42. The Balaban J connectivity index is 1.87. The zero-order valence-electron chi connectivity index (χ0n) is 9.94. The third-order valence-corrected chi connectivity index (χ3v) is 4.52. The number of aliphatic hydroxyl groups is 1. The van der Waals surface area contributed by atoms with Crippen LogP contribution in [0.1, 0.15) is 12.8 Å². The van der Waals surface area contributed by atoms with Crippen LogP contribution >= 0.6 is 11.6 Å². The number of anilines is 2. The first-order chi connectivity index (χ1) is 8.56. The summed E-state index contributed by atoms with van der Waals surface area (Å²) in [6.07, 6.45) is 1.73. The number of hydrogen-bond acceptors (Lipinski definition) is 3. The van der Waals surface area contributed by atoms with Crippen LogP contribution in [0.3, 0.4) is 0 Å². The van der Waals surface area contributed by atoms with Gasteiger partial charge in [-0.3, -0.25) is 0 Å². The second-order valence-corrected chi connectivity index (χ2v) is 5.71. The number of nitrogens with two attached hydrogens (primary N) is 1. The van der Waals surface area contributed by atoms with Gasteiger partial charge in [0.1, 0.15) is 5.82 Å². The maximum Gasteiger partial charge on any atom is 0.143 e. The molecule has 1 aliphatic carbocycles. The molecule has 3 rings (SSSR count). The fourth-order valence-electron chi connectivity index (χ4n) is 3.26. The van der Waals surface area contributed by atoms with Gasteiger partial charge >= 0.3 is 0 Å². The molecule has 1 aliphatic heterocycles. The summed E-state index contributed by atoms with van der Waals surface area (Å²) in [7, 11) is 0. The smallest absolute Gasteiger partial charge is 0.143 e. The molecular weight excluding hydrogens is 255 g/mol. The minimum Gasteiger partial charge on any atom is -0.397 e. The van der Waals surface area contributed by atoms with Crippen molar-refractivity contribution < 1.29 is 9.50 Å². The van der Waals surface area contributed by atoms with E-state index in [1.165, 1.54) is 6.07 Å². The van der Waals surface area contributed by atoms with Crippen LogP contribution in [-0.4, -0.2) is 24.3 Å². The number of halogens is 2. The molecule has 0 spiro atoms. The van der Waals surface area contributed by atoms with E-state index in [-0.39, 0.29) is 11.1 Å². The molecule has 2 aliphatic rings. The van der Waals surface area contributed by atoms with Crippen molar-refractivity contribution in [1.29, 1.82) is 0 Å². The number of benzene rings is 1. The number of fused-ring (bicyclic) bond motifs is 1. The van der Waals surface area contributed by atoms with Crippen LogP contribution < -0.4 is 10.6 Å². The average Bonchev–Trinajstić information content (AvgIpc) is 2.87. The van der Waals surface area contributed by atoms with Gasteiger partial charge in [-0.25, -0.2) is 4.39 Å². The van der Waals surface area contributed by atoms with E-state index in [9.17, 15) is 9.50 Å². The van der Waals surface area contributed by atoms with Gasteiger partial charge in [-0.05, 0) is 24.8 Å². The van der Waals surface area contributed by atoms with Gasteiger partial charge in [-0.15, -0.1) is 0 Å². The maximum atomic E-state index is 13.3. The number of nitrogens with zero attached hydrogens (tertiary/aromatic N) is 1. The Kier molecular flexibility index (Phi) is 2.87. The first-order valence-corrected chi connectivity index (χ1v) is 6.61. The van der Waals surface area contributed by atoms with Crippen LogP contribution in [0.4, 0.5) is 15.8 Å². The zero-order valence-corrected chi connectivity index (χ0v) is 10.7. The van der Waals surface area contributed by atoms with Gasteiger partial charge in [0.05, 0.1) is 22.5 Å². The Morgan fingerprint density at radius 3 is 2.83 bits per heavy atom. The van der Waals surface area contributed by atoms with Crippen molar-refractivity contribution in [3.05, 3.63) is 23.0 Å². The van der Waals surface area contributed by atoms with Gasteiger partial charge in [-0.2, -0.15) is 0 Å². The highest BCUT2D eigenvalue weighted by Crippen LogP contribution is 2.41. The summed E-state index contributed by atoms with van der Waals surface area (Å²) in [4.78, 5) is 2.11. The molecule has 3 atom stereocenters. The third kappa shape index (κ3) is 1.84. The minimum absolute atomic E-state index is 0.0943. The van der Waals surface area contributed by atoms with Gasteiger partial charge in [-0.1, -0.05) is 11.6 Å². The third-order valence-electron chi connectivity index (χ3n) is 4.23. The molecule has 0 aromatic heterocycles. The normalized spacial score (nSPS) is 30.8. The zero-order chi connectivity index (χ0) is 12.9. The second-order valence-electron chi connectivity index (χ2n) is 5.30. The van der Waals surface area contributed by atoms with Crippen molar-refractivity contribution >= 4 is 23.0 Å². The van der Waals surface area contributed by atoms with E-state index >= 15 is 0 Å². The van der Waals surface area contributed by atoms with E-state index in [4.69, 9.17) is 17.3 Å². The number of rotatable bonds is 1. The molecule has 3 N–H and O–H groups in total. The summed E-state index contributed by atoms with van der Waals surface area (Å²) in [5.41, 5.74) is 7.04. The summed E-state index contributed by atoms with van der Waals surface area (Å²) < 4.78 is 13.3. The lowest BCUT2D eigenvalue weighted by Gasteiger charge is -2.22. The average molecular weight is 271 g/mol. The Morgan fingerprint density at radius 2 is 2.11 bits per heavy atom. The van der Waals surface area contributed by atoms with Gasteiger partial charge in [0.15, 0.2) is 0 Å². The van der Waals surface area contributed by atoms with Crippen molar-refractivity contribution in [2.75, 3.05) is 23.7 Å². The molecule has 5 heteroatoms. The molecule has 1 saturated carbocycles. The molecule has 2 fully saturated rings. The molecule has 1 aromatic rings. The van der Waals surface area contributed by atoms with E-state index in [0.29, 0.717) is 17.5 Å². The van der Waals surface area contributed by atoms with E-state index < -0.39 is 5.82 Å². The summed E-state index contributed by atoms with van der Waals surface area (Å²) in [5, 5.41) is 9.98. The SMILES string of the molecule is Nc1cc(F)c(Cl)cc1N1CC2CCC(O)C2C1. The molecule has 1 aromatic carbocycles. The largest absolute Gasteiger partial charge is 0.397 e. The van der Waals surface area contributed by atoms with Crippen LogP contribution in [0.2, 0.25) is 5.02 Å². The number of nitrogen functional groups attached to an aromatic ring is 1. The fraction of sp³-hybridized carbons (Fsp3) is 0.538. The molecule has 18 heavy (non-hydrogen) atoms. The Labute approximate surface area is 110 Å². The monoisotopic (exact) mass is 270 g/mol. The van der Waals surface area contributed by atoms with Crippen LogP contribution in [0, 0.1) is 17.7 Å². The summed E-state index contributed by atoms with van der Waals surface area (Å²) in [6.45, 7) is 1.64. The van der Waals surface area contributed by atoms with Gasteiger partial charge in [0.25, 0.3) is 0 Å². The molecule has 0 amide bonds. The molecule has 1 heterocycles. The van der Waals surface area contributed by atoms with Crippen molar-refractivity contribution in [2.24, 2.45) is 11.8 Å². The first-order valence-electron chi connectivity index (χ1n) is 6.24. The topological polar surface area (TPSA) is 49.5 Å². The highest BCUT2D eigenvalue weighted by atomic mass is 35.5. The lowest BCUT2D eigenvalue weighted by molar-refractivity contribution is 0.133. The summed E-state index contributed by atoms with van der Waals surface area (Å²) >= 11 is 5.81. The molecule has 98 valence electrons. The number of hydrogen-bond donors (Lipinski definition) is 2. The van der Waals surface area contributed by atoms with Gasteiger partial charge in [0, 0.05) is 25.1 Å². The molecule has 0 radical (unpaired) electrons. The maximum absolute atomic E-state index is 13.3. The summed E-state index contributed by atoms with van der Waals surface area (Å²) in [6, 6.07) is 2.85. The molecule has 1 saturated heterocycles. The lowest BCUT2D eigenvalue weighted by Crippen LogP contribution is -2.25. The van der Waals surface area contributed by atoms with Crippen LogP contribution in [0.15, 0.2) is 12.1 Å². The lowest BCUT2D eigenvalue weighted by atomic mass is 10.00.